The van der Waals surface area contributed by atoms with Crippen molar-refractivity contribution in [3.63, 3.8) is 0 Å². The number of hydrogen-bond acceptors (Lipinski definition) is 7. The number of hydrogen-bond donors (Lipinski definition) is 0. The topological polar surface area (TPSA) is 74.3 Å². The minimum absolute atomic E-state index is 0.0695. The molecule has 0 aliphatic carbocycles. The molecule has 0 saturated carbocycles. The van der Waals surface area contributed by atoms with Gasteiger partial charge < -0.3 is 23.8 Å². The number of carbonyl (C=O) groups excluding carboxylic acids is 2. The number of benzene rings is 1. The van der Waals surface area contributed by atoms with Gasteiger partial charge in [-0.15, -0.1) is 0 Å². The van der Waals surface area contributed by atoms with Gasteiger partial charge in [-0.25, -0.2) is 0 Å². The van der Waals surface area contributed by atoms with Gasteiger partial charge in [0, 0.05) is 6.54 Å². The average molecular weight is 419 g/mol. The molecule has 2 heterocycles. The van der Waals surface area contributed by atoms with Gasteiger partial charge in [-0.3, -0.25) is 9.59 Å². The normalized spacial score (nSPS) is 16.4. The highest BCUT2D eigenvalue weighted by Crippen LogP contribution is 2.40. The van der Waals surface area contributed by atoms with E-state index >= 15 is 0 Å². The van der Waals surface area contributed by atoms with Gasteiger partial charge in [-0.2, -0.15) is 11.3 Å². The van der Waals surface area contributed by atoms with Crippen LogP contribution in [0.2, 0.25) is 0 Å². The number of nitrogens with zero attached hydrogens (tertiary/aromatic N) is 1. The highest BCUT2D eigenvalue weighted by atomic mass is 32.1. The number of ether oxygens (including phenoxy) is 4. The summed E-state index contributed by atoms with van der Waals surface area (Å²) in [6.45, 7) is 3.09. The van der Waals surface area contributed by atoms with Crippen LogP contribution in [0.3, 0.4) is 0 Å². The smallest absolute Gasteiger partial charge is 0.227 e. The number of rotatable bonds is 8. The van der Waals surface area contributed by atoms with Gasteiger partial charge in [0.25, 0.3) is 0 Å². The number of morpholine rings is 1. The predicted molar refractivity (Wildman–Crippen MR) is 109 cm³/mol. The maximum atomic E-state index is 12.6. The van der Waals surface area contributed by atoms with Crippen molar-refractivity contribution in [3.8, 4) is 17.2 Å². The number of ketones is 1. The van der Waals surface area contributed by atoms with E-state index in [1.807, 2.05) is 16.8 Å². The van der Waals surface area contributed by atoms with Gasteiger partial charge in [0.1, 0.15) is 12.7 Å². The number of methoxy groups -OCH3 is 2. The van der Waals surface area contributed by atoms with Crippen LogP contribution in [0.25, 0.3) is 0 Å². The molecule has 1 aliphatic rings. The molecule has 29 heavy (non-hydrogen) atoms. The molecule has 0 N–H and O–H groups in total. The molecule has 1 aromatic carbocycles. The van der Waals surface area contributed by atoms with Crippen LogP contribution in [0.1, 0.15) is 22.8 Å². The minimum Gasteiger partial charge on any atom is -0.493 e. The number of Topliss-reactive ketones (excluding diaryl/α,β-unsaturated/α-hetero) is 1. The Morgan fingerprint density at radius 3 is 2.69 bits per heavy atom. The van der Waals surface area contributed by atoms with Crippen LogP contribution in [-0.2, 0) is 16.0 Å². The lowest BCUT2D eigenvalue weighted by Crippen LogP contribution is -2.48. The summed E-state index contributed by atoms with van der Waals surface area (Å²) in [5.41, 5.74) is 1.43. The Morgan fingerprint density at radius 1 is 1.21 bits per heavy atom. The summed E-state index contributed by atoms with van der Waals surface area (Å²) in [6.07, 6.45) is 0.0841. The van der Waals surface area contributed by atoms with Crippen LogP contribution in [0.15, 0.2) is 29.0 Å². The van der Waals surface area contributed by atoms with Gasteiger partial charge in [0.2, 0.25) is 11.7 Å². The van der Waals surface area contributed by atoms with Gasteiger partial charge in [0.15, 0.2) is 17.3 Å². The first-order valence-electron chi connectivity index (χ1n) is 9.32. The predicted octanol–water partition coefficient (Wildman–Crippen LogP) is 2.82. The summed E-state index contributed by atoms with van der Waals surface area (Å²) in [4.78, 5) is 26.4. The number of carbonyl (C=O) groups is 2. The molecule has 2 aromatic rings. The fraction of sp³-hybridized carbons (Fsp3) is 0.429. The van der Waals surface area contributed by atoms with Crippen LogP contribution in [-0.4, -0.2) is 63.2 Å². The summed E-state index contributed by atoms with van der Waals surface area (Å²) in [6, 6.07) is 5.28. The summed E-state index contributed by atoms with van der Waals surface area (Å²) in [5.74, 6) is 1.09. The van der Waals surface area contributed by atoms with E-state index < -0.39 is 0 Å². The van der Waals surface area contributed by atoms with Crippen LogP contribution in [0.4, 0.5) is 0 Å². The fourth-order valence-corrected chi connectivity index (χ4v) is 3.89. The molecule has 3 rings (SSSR count). The van der Waals surface area contributed by atoms with E-state index in [0.717, 1.165) is 5.56 Å². The summed E-state index contributed by atoms with van der Waals surface area (Å²) in [5, 5.41) is 3.95. The Bertz CT molecular complexity index is 851. The maximum Gasteiger partial charge on any atom is 0.227 e. The Balaban J connectivity index is 1.67. The molecule has 1 aliphatic heterocycles. The van der Waals surface area contributed by atoms with E-state index in [-0.39, 0.29) is 24.4 Å². The molecule has 1 unspecified atom stereocenters. The van der Waals surface area contributed by atoms with Crippen LogP contribution < -0.4 is 14.2 Å². The van der Waals surface area contributed by atoms with E-state index in [4.69, 9.17) is 18.9 Å². The number of amides is 1. The number of thiophene rings is 1. The Morgan fingerprint density at radius 2 is 2.03 bits per heavy atom. The van der Waals surface area contributed by atoms with E-state index in [2.05, 4.69) is 0 Å². The standard InChI is InChI=1S/C21H25NO6S/c1-14(23)17-4-5-18(25-2)21(26-3)20(17)28-12-16-11-22(7-8-27-16)19(24)10-15-6-9-29-13-15/h4-6,9,13,16H,7-8,10-12H2,1-3H3. The quantitative estimate of drug-likeness (QED) is 0.613. The highest BCUT2D eigenvalue weighted by molar-refractivity contribution is 7.08. The van der Waals surface area contributed by atoms with Crippen molar-refractivity contribution in [2.45, 2.75) is 19.4 Å². The van der Waals surface area contributed by atoms with E-state index in [0.29, 0.717) is 48.9 Å². The monoisotopic (exact) mass is 419 g/mol. The second kappa shape index (κ2) is 9.76. The zero-order chi connectivity index (χ0) is 20.8. The third-order valence-corrected chi connectivity index (χ3v) is 5.45. The molecule has 8 heteroatoms. The lowest BCUT2D eigenvalue weighted by atomic mass is 10.1. The van der Waals surface area contributed by atoms with Gasteiger partial charge in [0.05, 0.1) is 39.4 Å². The molecular formula is C21H25NO6S. The molecule has 1 saturated heterocycles. The average Bonchev–Trinajstić information content (AvgIpc) is 3.24. The van der Waals surface area contributed by atoms with Gasteiger partial charge in [-0.05, 0) is 41.4 Å². The van der Waals surface area contributed by atoms with Crippen LogP contribution in [0, 0.1) is 0 Å². The first kappa shape index (κ1) is 21.1. The maximum absolute atomic E-state index is 12.6. The van der Waals surface area contributed by atoms with Crippen molar-refractivity contribution in [2.75, 3.05) is 40.5 Å². The summed E-state index contributed by atoms with van der Waals surface area (Å²) >= 11 is 1.58. The van der Waals surface area contributed by atoms with Crippen LogP contribution in [0.5, 0.6) is 17.2 Å². The van der Waals surface area contributed by atoms with Gasteiger partial charge in [-0.1, -0.05) is 0 Å². The van der Waals surface area contributed by atoms with Crippen LogP contribution >= 0.6 is 11.3 Å². The molecule has 0 bridgehead atoms. The molecule has 1 amide bonds. The summed E-state index contributed by atoms with van der Waals surface area (Å²) in [7, 11) is 3.02. The zero-order valence-electron chi connectivity index (χ0n) is 16.8. The molecule has 1 atom stereocenters. The largest absolute Gasteiger partial charge is 0.493 e. The molecule has 7 nitrogen and oxygen atoms in total. The summed E-state index contributed by atoms with van der Waals surface area (Å²) < 4.78 is 22.4. The third-order valence-electron chi connectivity index (χ3n) is 4.72. The van der Waals surface area contributed by atoms with Gasteiger partial charge >= 0.3 is 0 Å². The first-order chi connectivity index (χ1) is 14.0. The van der Waals surface area contributed by atoms with Crippen molar-refractivity contribution in [3.05, 3.63) is 40.1 Å². The second-order valence-electron chi connectivity index (χ2n) is 6.69. The fourth-order valence-electron chi connectivity index (χ4n) is 3.22. The molecule has 1 fully saturated rings. The zero-order valence-corrected chi connectivity index (χ0v) is 17.6. The first-order valence-corrected chi connectivity index (χ1v) is 10.3. The molecule has 0 spiro atoms. The van der Waals surface area contributed by atoms with E-state index in [1.54, 1.807) is 28.4 Å². The van der Waals surface area contributed by atoms with Crippen molar-refractivity contribution in [2.24, 2.45) is 0 Å². The Labute approximate surface area is 174 Å². The van der Waals surface area contributed by atoms with Crippen molar-refractivity contribution < 1.29 is 28.5 Å². The Hall–Kier alpha value is -2.58. The van der Waals surface area contributed by atoms with Crippen molar-refractivity contribution >= 4 is 23.0 Å². The van der Waals surface area contributed by atoms with Crippen molar-refractivity contribution in [1.29, 1.82) is 0 Å². The van der Waals surface area contributed by atoms with E-state index in [9.17, 15) is 9.59 Å². The molecule has 1 aromatic heterocycles. The lowest BCUT2D eigenvalue weighted by molar-refractivity contribution is -0.139. The third kappa shape index (κ3) is 5.07. The van der Waals surface area contributed by atoms with Crippen molar-refractivity contribution in [1.82, 2.24) is 4.90 Å². The second-order valence-corrected chi connectivity index (χ2v) is 7.47. The van der Waals surface area contributed by atoms with E-state index in [1.165, 1.54) is 21.1 Å². The highest BCUT2D eigenvalue weighted by Gasteiger charge is 2.26. The SMILES string of the molecule is COc1ccc(C(C)=O)c(OCC2CN(C(=O)Cc3ccsc3)CCO2)c1OC. The molecule has 0 radical (unpaired) electrons. The Kier molecular flexibility index (Phi) is 7.11. The molecular weight excluding hydrogens is 394 g/mol. The molecule has 156 valence electrons. The lowest BCUT2D eigenvalue weighted by Gasteiger charge is -2.33. The minimum atomic E-state index is -0.300.